The predicted octanol–water partition coefficient (Wildman–Crippen LogP) is 3.72. The molecule has 3 aromatic rings. The van der Waals surface area contributed by atoms with Gasteiger partial charge in [-0.25, -0.2) is 4.79 Å². The zero-order valence-corrected chi connectivity index (χ0v) is 17.6. The number of aliphatic carboxylic acids is 1. The molecule has 0 bridgehead atoms. The van der Waals surface area contributed by atoms with Crippen molar-refractivity contribution in [1.29, 1.82) is 0 Å². The van der Waals surface area contributed by atoms with Crippen LogP contribution in [0.15, 0.2) is 48.5 Å². The Morgan fingerprint density at radius 2 is 1.90 bits per heavy atom. The smallest absolute Gasteiger partial charge is 0.326 e. The number of carboxylic acids is 1. The maximum Gasteiger partial charge on any atom is 0.326 e. The highest BCUT2D eigenvalue weighted by molar-refractivity contribution is 7.09. The van der Waals surface area contributed by atoms with Gasteiger partial charge in [-0.3, -0.25) is 9.69 Å². The summed E-state index contributed by atoms with van der Waals surface area (Å²) in [6.45, 7) is 0. The molecule has 0 radical (unpaired) electrons. The molecule has 1 aliphatic rings. The van der Waals surface area contributed by atoms with Gasteiger partial charge < -0.3 is 15.6 Å². The third-order valence-corrected chi connectivity index (χ3v) is 5.19. The highest BCUT2D eigenvalue weighted by Gasteiger charge is 2.36. The Morgan fingerprint density at radius 3 is 2.43 bits per heavy atom. The number of hydrogen-bond donors (Lipinski definition) is 2. The first-order chi connectivity index (χ1) is 14.4. The van der Waals surface area contributed by atoms with E-state index in [1.54, 1.807) is 31.4 Å². The van der Waals surface area contributed by atoms with E-state index in [0.29, 0.717) is 28.1 Å². The summed E-state index contributed by atoms with van der Waals surface area (Å²) < 4.78 is 9.15. The van der Waals surface area contributed by atoms with Gasteiger partial charge in [0, 0.05) is 34.2 Å². The monoisotopic (exact) mass is 446 g/mol. The zero-order valence-electron chi connectivity index (χ0n) is 16.0. The van der Waals surface area contributed by atoms with Crippen LogP contribution in [0.2, 0.25) is 5.02 Å². The molecule has 8 nitrogen and oxygen atoms in total. The summed E-state index contributed by atoms with van der Waals surface area (Å²) in [7, 11) is 1.63. The molecule has 1 saturated heterocycles. The number of carbonyl (C=O) groups is 2. The van der Waals surface area contributed by atoms with E-state index in [-0.39, 0.29) is 12.3 Å². The first-order valence-electron chi connectivity index (χ1n) is 8.93. The maximum atomic E-state index is 11.6. The summed E-state index contributed by atoms with van der Waals surface area (Å²) >= 11 is 6.93. The van der Waals surface area contributed by atoms with Gasteiger partial charge in [0.15, 0.2) is 11.0 Å². The van der Waals surface area contributed by atoms with Crippen LogP contribution in [0.3, 0.4) is 0 Å². The quantitative estimate of drug-likeness (QED) is 0.626. The van der Waals surface area contributed by atoms with Gasteiger partial charge in [0.05, 0.1) is 7.11 Å². The SMILES string of the molecule is COc1ccc(-c2nsc(N)n2)cc1.O=C(O)[C@@H]1CCC(=O)N1c1ccc(Cl)cc1. The van der Waals surface area contributed by atoms with Crippen LogP contribution in [0, 0.1) is 0 Å². The Labute approximate surface area is 182 Å². The Hall–Kier alpha value is -3.17. The second-order valence-corrected chi connectivity index (χ2v) is 7.54. The van der Waals surface area contributed by atoms with Crippen molar-refractivity contribution in [2.24, 2.45) is 0 Å². The number of amides is 1. The molecule has 30 heavy (non-hydrogen) atoms. The number of hydrogen-bond acceptors (Lipinski definition) is 7. The van der Waals surface area contributed by atoms with E-state index in [2.05, 4.69) is 9.36 Å². The molecule has 2 aromatic carbocycles. The van der Waals surface area contributed by atoms with Crippen LogP contribution in [-0.2, 0) is 9.59 Å². The molecule has 156 valence electrons. The van der Waals surface area contributed by atoms with E-state index in [9.17, 15) is 9.59 Å². The van der Waals surface area contributed by atoms with Crippen molar-refractivity contribution in [2.45, 2.75) is 18.9 Å². The third-order valence-electron chi connectivity index (χ3n) is 4.39. The maximum absolute atomic E-state index is 11.6. The highest BCUT2D eigenvalue weighted by Crippen LogP contribution is 2.27. The summed E-state index contributed by atoms with van der Waals surface area (Å²) in [5.74, 6) is 0.350. The Balaban J connectivity index is 0.000000172. The molecule has 1 fully saturated rings. The number of ether oxygens (including phenoxy) is 1. The summed E-state index contributed by atoms with van der Waals surface area (Å²) in [5.41, 5.74) is 7.02. The van der Waals surface area contributed by atoms with Crippen LogP contribution in [0.25, 0.3) is 11.4 Å². The summed E-state index contributed by atoms with van der Waals surface area (Å²) in [6, 6.07) is 13.4. The van der Waals surface area contributed by atoms with Crippen molar-refractivity contribution in [2.75, 3.05) is 17.7 Å². The summed E-state index contributed by atoms with van der Waals surface area (Å²) in [6.07, 6.45) is 0.635. The molecular weight excluding hydrogens is 428 g/mol. The van der Waals surface area contributed by atoms with E-state index in [1.165, 1.54) is 16.4 Å². The fraction of sp³-hybridized carbons (Fsp3) is 0.200. The number of nitrogen functional groups attached to an aromatic ring is 1. The lowest BCUT2D eigenvalue weighted by molar-refractivity contribution is -0.138. The fourth-order valence-corrected chi connectivity index (χ4v) is 3.52. The van der Waals surface area contributed by atoms with Gasteiger partial charge in [0.1, 0.15) is 11.8 Å². The van der Waals surface area contributed by atoms with Crippen LogP contribution >= 0.6 is 23.1 Å². The molecule has 0 unspecified atom stereocenters. The summed E-state index contributed by atoms with van der Waals surface area (Å²) in [4.78, 5) is 28.0. The van der Waals surface area contributed by atoms with Crippen LogP contribution in [0.4, 0.5) is 10.8 Å². The lowest BCUT2D eigenvalue weighted by Crippen LogP contribution is -2.38. The number of carboxylic acid groups (broad SMARTS) is 1. The molecule has 4 rings (SSSR count). The standard InChI is InChI=1S/C11H10ClNO3.C9H9N3OS/c12-7-1-3-8(4-2-7)13-9(11(15)16)5-6-10(13)14;1-13-7-4-2-6(3-5-7)8-11-9(10)14-12-8/h1-4,9H,5-6H2,(H,15,16);2-5H,1H3,(H2,10,11,12)/t9-;/m0./s1. The lowest BCUT2D eigenvalue weighted by atomic mass is 10.2. The van der Waals surface area contributed by atoms with Crippen molar-refractivity contribution in [3.8, 4) is 17.1 Å². The van der Waals surface area contributed by atoms with E-state index >= 15 is 0 Å². The Morgan fingerprint density at radius 1 is 1.23 bits per heavy atom. The lowest BCUT2D eigenvalue weighted by Gasteiger charge is -2.21. The number of methoxy groups -OCH3 is 1. The second kappa shape index (κ2) is 9.55. The first-order valence-corrected chi connectivity index (χ1v) is 10.1. The van der Waals surface area contributed by atoms with Crippen molar-refractivity contribution in [3.05, 3.63) is 53.6 Å². The van der Waals surface area contributed by atoms with Gasteiger partial charge in [-0.15, -0.1) is 0 Å². The number of aromatic nitrogens is 2. The van der Waals surface area contributed by atoms with Crippen LogP contribution in [0.1, 0.15) is 12.8 Å². The number of anilines is 2. The number of nitrogens with zero attached hydrogens (tertiary/aromatic N) is 3. The van der Waals surface area contributed by atoms with Crippen molar-refractivity contribution >= 4 is 45.8 Å². The average Bonchev–Trinajstić information content (AvgIpc) is 3.35. The Kier molecular flexibility index (Phi) is 6.86. The second-order valence-electron chi connectivity index (χ2n) is 6.32. The third kappa shape index (κ3) is 5.05. The molecule has 1 amide bonds. The molecule has 1 aromatic heterocycles. The molecule has 0 saturated carbocycles. The van der Waals surface area contributed by atoms with Gasteiger partial charge in [-0.2, -0.15) is 9.36 Å². The van der Waals surface area contributed by atoms with Crippen molar-refractivity contribution in [1.82, 2.24) is 9.36 Å². The number of carbonyl (C=O) groups excluding carboxylic acids is 1. The Bertz CT molecular complexity index is 1020. The molecule has 0 aliphatic carbocycles. The number of halogens is 1. The molecule has 1 atom stereocenters. The largest absolute Gasteiger partial charge is 0.497 e. The molecule has 1 aliphatic heterocycles. The zero-order chi connectivity index (χ0) is 21.7. The predicted molar refractivity (Wildman–Crippen MR) is 116 cm³/mol. The fourth-order valence-electron chi connectivity index (χ4n) is 2.94. The van der Waals surface area contributed by atoms with E-state index in [1.807, 2.05) is 24.3 Å². The van der Waals surface area contributed by atoms with Gasteiger partial charge in [0.2, 0.25) is 5.91 Å². The number of nitrogens with two attached hydrogens (primary N) is 1. The van der Waals surface area contributed by atoms with Crippen LogP contribution in [0.5, 0.6) is 5.75 Å². The number of benzene rings is 2. The minimum absolute atomic E-state index is 0.158. The molecule has 2 heterocycles. The van der Waals surface area contributed by atoms with Crippen LogP contribution in [-0.4, -0.2) is 39.5 Å². The van der Waals surface area contributed by atoms with Gasteiger partial charge in [-0.1, -0.05) is 11.6 Å². The molecule has 10 heteroatoms. The van der Waals surface area contributed by atoms with E-state index in [4.69, 9.17) is 27.2 Å². The van der Waals surface area contributed by atoms with Crippen LogP contribution < -0.4 is 15.4 Å². The minimum Gasteiger partial charge on any atom is -0.497 e. The van der Waals surface area contributed by atoms with Gasteiger partial charge >= 0.3 is 5.97 Å². The summed E-state index contributed by atoms with van der Waals surface area (Å²) in [5, 5.41) is 10.0. The van der Waals surface area contributed by atoms with Crippen molar-refractivity contribution < 1.29 is 19.4 Å². The molecule has 3 N–H and O–H groups in total. The average molecular weight is 447 g/mol. The highest BCUT2D eigenvalue weighted by atomic mass is 35.5. The van der Waals surface area contributed by atoms with Crippen molar-refractivity contribution in [3.63, 3.8) is 0 Å². The molecular formula is C20H19ClN4O4S. The van der Waals surface area contributed by atoms with E-state index < -0.39 is 12.0 Å². The number of rotatable bonds is 4. The van der Waals surface area contributed by atoms with E-state index in [0.717, 1.165) is 11.3 Å². The normalized spacial score (nSPS) is 15.5. The minimum atomic E-state index is -0.971. The first kappa shape index (κ1) is 21.5. The molecule has 0 spiro atoms. The van der Waals surface area contributed by atoms with Gasteiger partial charge in [0.25, 0.3) is 0 Å². The van der Waals surface area contributed by atoms with Gasteiger partial charge in [-0.05, 0) is 55.0 Å². The topological polar surface area (TPSA) is 119 Å².